The first-order valence-corrected chi connectivity index (χ1v) is 7.72. The van der Waals surface area contributed by atoms with Crippen molar-refractivity contribution in [2.75, 3.05) is 5.32 Å². The molecule has 25 heavy (non-hydrogen) atoms. The highest BCUT2D eigenvalue weighted by molar-refractivity contribution is 6.12. The summed E-state index contributed by atoms with van der Waals surface area (Å²) in [6.07, 6.45) is 1.51. The summed E-state index contributed by atoms with van der Waals surface area (Å²) >= 11 is 0. The number of nitrogens with zero attached hydrogens (tertiary/aromatic N) is 5. The van der Waals surface area contributed by atoms with Crippen molar-refractivity contribution < 1.29 is 4.79 Å². The maximum Gasteiger partial charge on any atom is 0.256 e. The van der Waals surface area contributed by atoms with Crippen molar-refractivity contribution in [3.63, 3.8) is 0 Å². The summed E-state index contributed by atoms with van der Waals surface area (Å²) in [7, 11) is 0. The predicted octanol–water partition coefficient (Wildman–Crippen LogP) is 2.77. The number of para-hydroxylation sites is 1. The van der Waals surface area contributed by atoms with Crippen LogP contribution in [0.3, 0.4) is 0 Å². The Morgan fingerprint density at radius 1 is 1.08 bits per heavy atom. The van der Waals surface area contributed by atoms with Gasteiger partial charge in [-0.05, 0) is 53.7 Å². The smallest absolute Gasteiger partial charge is 0.256 e. The van der Waals surface area contributed by atoms with Crippen LogP contribution in [0.2, 0.25) is 0 Å². The maximum atomic E-state index is 12.7. The lowest BCUT2D eigenvalue weighted by molar-refractivity contribution is 0.102. The second-order valence-electron chi connectivity index (χ2n) is 5.58. The predicted molar refractivity (Wildman–Crippen MR) is 93.6 cm³/mol. The zero-order valence-corrected chi connectivity index (χ0v) is 13.4. The molecule has 0 radical (unpaired) electrons. The lowest BCUT2D eigenvalue weighted by atomic mass is 10.1. The molecule has 7 heteroatoms. The zero-order chi connectivity index (χ0) is 17.2. The number of aryl methyl sites for hydroxylation is 1. The molecule has 2 aromatic carbocycles. The SMILES string of the molecule is Cc1cc(C(=O)Nc2ccc(-n3cnnn3)cc2)c2ccccc2n1. The number of aromatic nitrogens is 5. The van der Waals surface area contributed by atoms with E-state index in [1.165, 1.54) is 6.33 Å². The molecular weight excluding hydrogens is 316 g/mol. The fourth-order valence-corrected chi connectivity index (χ4v) is 2.67. The molecule has 0 spiro atoms. The largest absolute Gasteiger partial charge is 0.322 e. The first-order chi connectivity index (χ1) is 12.2. The number of anilines is 1. The second kappa shape index (κ2) is 6.12. The quantitative estimate of drug-likeness (QED) is 0.624. The van der Waals surface area contributed by atoms with Gasteiger partial charge in [0, 0.05) is 16.8 Å². The third-order valence-corrected chi connectivity index (χ3v) is 3.83. The maximum absolute atomic E-state index is 12.7. The molecule has 122 valence electrons. The van der Waals surface area contributed by atoms with Crippen LogP contribution in [-0.2, 0) is 0 Å². The summed E-state index contributed by atoms with van der Waals surface area (Å²) in [5.74, 6) is -0.170. The minimum atomic E-state index is -0.170. The summed E-state index contributed by atoms with van der Waals surface area (Å²) in [5, 5.41) is 14.8. The van der Waals surface area contributed by atoms with Gasteiger partial charge in [-0.15, -0.1) is 5.10 Å². The molecule has 0 aliphatic carbocycles. The number of rotatable bonds is 3. The molecule has 0 saturated heterocycles. The van der Waals surface area contributed by atoms with Crippen LogP contribution in [-0.4, -0.2) is 31.1 Å². The van der Waals surface area contributed by atoms with Crippen molar-refractivity contribution >= 4 is 22.5 Å². The molecule has 0 atom stereocenters. The average molecular weight is 330 g/mol. The fourth-order valence-electron chi connectivity index (χ4n) is 2.67. The molecule has 0 aliphatic rings. The number of pyridine rings is 1. The number of hydrogen-bond donors (Lipinski definition) is 1. The third-order valence-electron chi connectivity index (χ3n) is 3.83. The van der Waals surface area contributed by atoms with Gasteiger partial charge in [0.25, 0.3) is 5.91 Å². The number of nitrogens with one attached hydrogen (secondary N) is 1. The van der Waals surface area contributed by atoms with Gasteiger partial charge in [-0.2, -0.15) is 0 Å². The lowest BCUT2D eigenvalue weighted by Crippen LogP contribution is -2.13. The zero-order valence-electron chi connectivity index (χ0n) is 13.4. The number of tetrazole rings is 1. The first kappa shape index (κ1) is 14.9. The topological polar surface area (TPSA) is 85.6 Å². The van der Waals surface area contributed by atoms with Crippen LogP contribution in [0.15, 0.2) is 60.9 Å². The Bertz CT molecular complexity index is 1040. The van der Waals surface area contributed by atoms with Gasteiger partial charge in [0.1, 0.15) is 6.33 Å². The summed E-state index contributed by atoms with van der Waals surface area (Å²) < 4.78 is 1.55. The number of carbonyl (C=O) groups excluding carboxylic acids is 1. The molecule has 0 aliphatic heterocycles. The van der Waals surface area contributed by atoms with E-state index in [2.05, 4.69) is 25.8 Å². The Morgan fingerprint density at radius 2 is 1.88 bits per heavy atom. The van der Waals surface area contributed by atoms with Crippen LogP contribution in [0.5, 0.6) is 0 Å². The van der Waals surface area contributed by atoms with Crippen LogP contribution >= 0.6 is 0 Å². The molecule has 1 amide bonds. The van der Waals surface area contributed by atoms with E-state index in [0.29, 0.717) is 11.3 Å². The molecule has 7 nitrogen and oxygen atoms in total. The van der Waals surface area contributed by atoms with E-state index in [1.54, 1.807) is 10.7 Å². The minimum Gasteiger partial charge on any atom is -0.322 e. The number of carbonyl (C=O) groups is 1. The van der Waals surface area contributed by atoms with Gasteiger partial charge in [-0.3, -0.25) is 9.78 Å². The van der Waals surface area contributed by atoms with Gasteiger partial charge < -0.3 is 5.32 Å². The summed E-state index contributed by atoms with van der Waals surface area (Å²) in [6.45, 7) is 1.88. The molecule has 2 aromatic heterocycles. The molecule has 4 rings (SSSR count). The van der Waals surface area contributed by atoms with Crippen molar-refractivity contribution in [2.24, 2.45) is 0 Å². The van der Waals surface area contributed by atoms with Gasteiger partial charge in [0.05, 0.1) is 16.8 Å². The highest BCUT2D eigenvalue weighted by Crippen LogP contribution is 2.20. The Kier molecular flexibility index (Phi) is 3.66. The Balaban J connectivity index is 1.62. The lowest BCUT2D eigenvalue weighted by Gasteiger charge is -2.09. The van der Waals surface area contributed by atoms with E-state index in [-0.39, 0.29) is 5.91 Å². The molecule has 0 unspecified atom stereocenters. The Morgan fingerprint density at radius 3 is 2.64 bits per heavy atom. The van der Waals surface area contributed by atoms with Crippen LogP contribution in [0.4, 0.5) is 5.69 Å². The molecule has 0 saturated carbocycles. The van der Waals surface area contributed by atoms with E-state index in [0.717, 1.165) is 22.3 Å². The molecule has 0 fully saturated rings. The number of hydrogen-bond acceptors (Lipinski definition) is 5. The second-order valence-corrected chi connectivity index (χ2v) is 5.58. The van der Waals surface area contributed by atoms with E-state index >= 15 is 0 Å². The molecule has 1 N–H and O–H groups in total. The van der Waals surface area contributed by atoms with Gasteiger partial charge >= 0.3 is 0 Å². The summed E-state index contributed by atoms with van der Waals surface area (Å²) in [6, 6.07) is 16.7. The molecule has 4 aromatic rings. The first-order valence-electron chi connectivity index (χ1n) is 7.72. The normalized spacial score (nSPS) is 10.8. The molecule has 0 bridgehead atoms. The van der Waals surface area contributed by atoms with Gasteiger partial charge in [0.2, 0.25) is 0 Å². The molecule has 2 heterocycles. The van der Waals surface area contributed by atoms with Gasteiger partial charge in [-0.25, -0.2) is 4.68 Å². The van der Waals surface area contributed by atoms with Crippen molar-refractivity contribution in [3.05, 3.63) is 72.2 Å². The minimum absolute atomic E-state index is 0.170. The number of amides is 1. The fraction of sp³-hybridized carbons (Fsp3) is 0.0556. The standard InChI is InChI=1S/C18H14N6O/c1-12-10-16(15-4-2-3-5-17(15)20-12)18(25)21-13-6-8-14(9-7-13)24-11-19-22-23-24/h2-11H,1H3,(H,21,25). The highest BCUT2D eigenvalue weighted by atomic mass is 16.1. The average Bonchev–Trinajstić information content (AvgIpc) is 3.16. The van der Waals surface area contributed by atoms with Crippen molar-refractivity contribution in [2.45, 2.75) is 6.92 Å². The van der Waals surface area contributed by atoms with Crippen LogP contribution in [0, 0.1) is 6.92 Å². The van der Waals surface area contributed by atoms with E-state index in [1.807, 2.05) is 55.5 Å². The van der Waals surface area contributed by atoms with Gasteiger partial charge in [-0.1, -0.05) is 18.2 Å². The van der Waals surface area contributed by atoms with E-state index in [9.17, 15) is 4.79 Å². The van der Waals surface area contributed by atoms with Crippen molar-refractivity contribution in [1.82, 2.24) is 25.2 Å². The summed E-state index contributed by atoms with van der Waals surface area (Å²) in [5.41, 5.74) is 3.72. The van der Waals surface area contributed by atoms with Crippen LogP contribution in [0.1, 0.15) is 16.1 Å². The van der Waals surface area contributed by atoms with Crippen LogP contribution < -0.4 is 5.32 Å². The Labute approximate surface area is 143 Å². The number of fused-ring (bicyclic) bond motifs is 1. The molecular formula is C18H14N6O. The monoisotopic (exact) mass is 330 g/mol. The van der Waals surface area contributed by atoms with Crippen LogP contribution in [0.25, 0.3) is 16.6 Å². The highest BCUT2D eigenvalue weighted by Gasteiger charge is 2.12. The van der Waals surface area contributed by atoms with Crippen molar-refractivity contribution in [1.29, 1.82) is 0 Å². The third kappa shape index (κ3) is 2.94. The van der Waals surface area contributed by atoms with E-state index in [4.69, 9.17) is 0 Å². The van der Waals surface area contributed by atoms with Gasteiger partial charge in [0.15, 0.2) is 0 Å². The summed E-state index contributed by atoms with van der Waals surface area (Å²) in [4.78, 5) is 17.2. The van der Waals surface area contributed by atoms with Crippen molar-refractivity contribution in [3.8, 4) is 5.69 Å². The Hall–Kier alpha value is -3.61. The van der Waals surface area contributed by atoms with E-state index < -0.39 is 0 Å². The number of benzene rings is 2.